The molecule has 0 radical (unpaired) electrons. The SMILES string of the molecule is Cc1ccc(C(C)C)c(OCC(=O)NCc2nnc(SCC(=O)Nc3ccc(Cl)c(Cl)c3)n2C)c1. The minimum Gasteiger partial charge on any atom is -0.483 e. The average Bonchev–Trinajstić information content (AvgIpc) is 3.16. The Balaban J connectivity index is 1.47. The number of nitrogens with zero attached hydrogens (tertiary/aromatic N) is 3. The number of carbonyl (C=O) groups excluding carboxylic acids is 2. The molecule has 2 amide bonds. The molecule has 0 saturated carbocycles. The number of hydrogen-bond acceptors (Lipinski definition) is 6. The van der Waals surface area contributed by atoms with Gasteiger partial charge >= 0.3 is 0 Å². The maximum atomic E-state index is 12.3. The number of nitrogens with one attached hydrogen (secondary N) is 2. The van der Waals surface area contributed by atoms with Crippen LogP contribution in [0.1, 0.15) is 36.7 Å². The Morgan fingerprint density at radius 1 is 1.09 bits per heavy atom. The van der Waals surface area contributed by atoms with Crippen molar-refractivity contribution in [1.29, 1.82) is 0 Å². The first-order valence-corrected chi connectivity index (χ1v) is 12.6. The second-order valence-electron chi connectivity index (χ2n) is 8.18. The van der Waals surface area contributed by atoms with Crippen LogP contribution in [0.15, 0.2) is 41.6 Å². The lowest BCUT2D eigenvalue weighted by molar-refractivity contribution is -0.123. The van der Waals surface area contributed by atoms with Crippen LogP contribution in [0, 0.1) is 6.92 Å². The van der Waals surface area contributed by atoms with E-state index in [0.29, 0.717) is 32.5 Å². The summed E-state index contributed by atoms with van der Waals surface area (Å²) in [6.45, 7) is 6.23. The monoisotopic (exact) mass is 535 g/mol. The van der Waals surface area contributed by atoms with Crippen molar-refractivity contribution in [3.8, 4) is 5.75 Å². The first-order valence-electron chi connectivity index (χ1n) is 10.9. The molecule has 186 valence electrons. The van der Waals surface area contributed by atoms with Gasteiger partial charge in [0.1, 0.15) is 5.75 Å². The Hall–Kier alpha value is -2.75. The molecule has 2 N–H and O–H groups in total. The van der Waals surface area contributed by atoms with Crippen LogP contribution in [0.5, 0.6) is 5.75 Å². The standard InChI is InChI=1S/C24H27Cl2N5O3S/c1-14(2)17-7-5-15(3)9-20(17)34-12-22(32)27-11-21-29-30-24(31(21)4)35-13-23(33)28-16-6-8-18(25)19(26)10-16/h5-10,14H,11-13H2,1-4H3,(H,27,32)(H,28,33). The van der Waals surface area contributed by atoms with Crippen molar-refractivity contribution < 1.29 is 14.3 Å². The van der Waals surface area contributed by atoms with Gasteiger partial charge in [0.2, 0.25) is 5.91 Å². The average molecular weight is 536 g/mol. The normalized spacial score (nSPS) is 10.9. The van der Waals surface area contributed by atoms with E-state index in [9.17, 15) is 9.59 Å². The zero-order valence-electron chi connectivity index (χ0n) is 19.9. The molecule has 3 rings (SSSR count). The molecule has 0 fully saturated rings. The predicted octanol–water partition coefficient (Wildman–Crippen LogP) is 4.98. The Kier molecular flexibility index (Phi) is 9.42. The highest BCUT2D eigenvalue weighted by Gasteiger charge is 2.14. The van der Waals surface area contributed by atoms with Crippen molar-refractivity contribution in [2.24, 2.45) is 7.05 Å². The number of carbonyl (C=O) groups is 2. The van der Waals surface area contributed by atoms with Gasteiger partial charge in [-0.3, -0.25) is 9.59 Å². The van der Waals surface area contributed by atoms with E-state index < -0.39 is 0 Å². The molecule has 0 unspecified atom stereocenters. The number of aromatic nitrogens is 3. The van der Waals surface area contributed by atoms with Crippen LogP contribution >= 0.6 is 35.0 Å². The van der Waals surface area contributed by atoms with Crippen molar-refractivity contribution in [2.75, 3.05) is 17.7 Å². The van der Waals surface area contributed by atoms with Gasteiger partial charge < -0.3 is 19.9 Å². The number of hydrogen-bond donors (Lipinski definition) is 2. The summed E-state index contributed by atoms with van der Waals surface area (Å²) in [5.74, 6) is 1.20. The molecule has 2 aromatic carbocycles. The van der Waals surface area contributed by atoms with Gasteiger partial charge in [-0.05, 0) is 48.2 Å². The third kappa shape index (κ3) is 7.62. The van der Waals surface area contributed by atoms with Crippen LogP contribution in [0.4, 0.5) is 5.69 Å². The molecule has 0 aliphatic carbocycles. The molecule has 8 nitrogen and oxygen atoms in total. The fraction of sp³-hybridized carbons (Fsp3) is 0.333. The molecule has 0 atom stereocenters. The van der Waals surface area contributed by atoms with Crippen LogP contribution in [0.25, 0.3) is 0 Å². The van der Waals surface area contributed by atoms with Gasteiger partial charge in [-0.15, -0.1) is 10.2 Å². The zero-order chi connectivity index (χ0) is 25.5. The summed E-state index contributed by atoms with van der Waals surface area (Å²) in [6, 6.07) is 10.9. The fourth-order valence-electron chi connectivity index (χ4n) is 3.14. The largest absolute Gasteiger partial charge is 0.483 e. The highest BCUT2D eigenvalue weighted by molar-refractivity contribution is 7.99. The number of rotatable bonds is 10. The van der Waals surface area contributed by atoms with Crippen molar-refractivity contribution in [2.45, 2.75) is 38.4 Å². The smallest absolute Gasteiger partial charge is 0.258 e. The van der Waals surface area contributed by atoms with Gasteiger partial charge in [-0.1, -0.05) is 60.9 Å². The lowest BCUT2D eigenvalue weighted by Crippen LogP contribution is -2.29. The predicted molar refractivity (Wildman–Crippen MR) is 139 cm³/mol. The molecule has 0 aliphatic heterocycles. The number of thioether (sulfide) groups is 1. The quantitative estimate of drug-likeness (QED) is 0.355. The van der Waals surface area contributed by atoms with E-state index >= 15 is 0 Å². The van der Waals surface area contributed by atoms with Gasteiger partial charge in [0.25, 0.3) is 5.91 Å². The summed E-state index contributed by atoms with van der Waals surface area (Å²) >= 11 is 13.1. The Morgan fingerprint density at radius 2 is 1.86 bits per heavy atom. The summed E-state index contributed by atoms with van der Waals surface area (Å²) in [6.07, 6.45) is 0. The Bertz CT molecular complexity index is 1220. The van der Waals surface area contributed by atoms with Gasteiger partial charge in [-0.25, -0.2) is 0 Å². The van der Waals surface area contributed by atoms with E-state index in [2.05, 4.69) is 34.7 Å². The van der Waals surface area contributed by atoms with Gasteiger partial charge in [0.15, 0.2) is 17.6 Å². The molecule has 0 bridgehead atoms. The fourth-order valence-corrected chi connectivity index (χ4v) is 4.17. The van der Waals surface area contributed by atoms with Crippen molar-refractivity contribution in [3.63, 3.8) is 0 Å². The number of halogens is 2. The zero-order valence-corrected chi connectivity index (χ0v) is 22.2. The van der Waals surface area contributed by atoms with E-state index in [0.717, 1.165) is 11.1 Å². The summed E-state index contributed by atoms with van der Waals surface area (Å²) in [7, 11) is 1.78. The maximum absolute atomic E-state index is 12.3. The number of amides is 2. The molecule has 1 heterocycles. The molecule has 35 heavy (non-hydrogen) atoms. The van der Waals surface area contributed by atoms with E-state index in [4.69, 9.17) is 27.9 Å². The summed E-state index contributed by atoms with van der Waals surface area (Å²) in [5, 5.41) is 15.1. The third-order valence-corrected chi connectivity index (χ3v) is 6.81. The highest BCUT2D eigenvalue weighted by Crippen LogP contribution is 2.27. The van der Waals surface area contributed by atoms with Gasteiger partial charge in [-0.2, -0.15) is 0 Å². The number of benzene rings is 2. The van der Waals surface area contributed by atoms with E-state index in [1.165, 1.54) is 11.8 Å². The summed E-state index contributed by atoms with van der Waals surface area (Å²) < 4.78 is 7.51. The summed E-state index contributed by atoms with van der Waals surface area (Å²) in [4.78, 5) is 24.6. The van der Waals surface area contributed by atoms with Crippen LogP contribution in [-0.2, 0) is 23.2 Å². The minimum atomic E-state index is -0.264. The van der Waals surface area contributed by atoms with Crippen LogP contribution in [0.3, 0.4) is 0 Å². The molecule has 0 saturated heterocycles. The molecule has 1 aromatic heterocycles. The van der Waals surface area contributed by atoms with Crippen LogP contribution in [0.2, 0.25) is 10.0 Å². The third-order valence-electron chi connectivity index (χ3n) is 5.05. The molecule has 3 aromatic rings. The molecular formula is C24H27Cl2N5O3S. The first-order chi connectivity index (χ1) is 16.6. The molecule has 0 spiro atoms. The van der Waals surface area contributed by atoms with Crippen molar-refractivity contribution in [3.05, 3.63) is 63.4 Å². The summed E-state index contributed by atoms with van der Waals surface area (Å²) in [5.41, 5.74) is 2.68. The number of anilines is 1. The second-order valence-corrected chi connectivity index (χ2v) is 9.94. The number of aryl methyl sites for hydroxylation is 1. The molecular weight excluding hydrogens is 509 g/mol. The topological polar surface area (TPSA) is 98.1 Å². The lowest BCUT2D eigenvalue weighted by Gasteiger charge is -2.14. The van der Waals surface area contributed by atoms with E-state index in [1.807, 2.05) is 25.1 Å². The Morgan fingerprint density at radius 3 is 2.57 bits per heavy atom. The van der Waals surface area contributed by atoms with Crippen LogP contribution < -0.4 is 15.4 Å². The van der Waals surface area contributed by atoms with Crippen molar-refractivity contribution >= 4 is 52.5 Å². The molecule has 0 aliphatic rings. The van der Waals surface area contributed by atoms with E-state index in [-0.39, 0.29) is 36.6 Å². The number of ether oxygens (including phenoxy) is 1. The lowest BCUT2D eigenvalue weighted by atomic mass is 10.0. The van der Waals surface area contributed by atoms with Crippen LogP contribution in [-0.4, -0.2) is 38.9 Å². The van der Waals surface area contributed by atoms with Gasteiger partial charge in [0.05, 0.1) is 22.3 Å². The Labute approximate surface area is 218 Å². The van der Waals surface area contributed by atoms with E-state index in [1.54, 1.807) is 29.8 Å². The maximum Gasteiger partial charge on any atom is 0.258 e. The van der Waals surface area contributed by atoms with Crippen molar-refractivity contribution in [1.82, 2.24) is 20.1 Å². The highest BCUT2D eigenvalue weighted by atomic mass is 35.5. The second kappa shape index (κ2) is 12.3. The minimum absolute atomic E-state index is 0.0997. The molecule has 11 heteroatoms. The van der Waals surface area contributed by atoms with Gasteiger partial charge in [0, 0.05) is 12.7 Å². The first kappa shape index (κ1) is 26.8.